The number of fused-ring (bicyclic) bond motifs is 3. The van der Waals surface area contributed by atoms with Gasteiger partial charge in [0.15, 0.2) is 0 Å². The van der Waals surface area contributed by atoms with Crippen molar-refractivity contribution < 1.29 is 4.74 Å². The van der Waals surface area contributed by atoms with Crippen molar-refractivity contribution in [2.75, 3.05) is 10.6 Å². The van der Waals surface area contributed by atoms with Gasteiger partial charge in [0.25, 0.3) is 0 Å². The summed E-state index contributed by atoms with van der Waals surface area (Å²) in [5.41, 5.74) is 6.10. The van der Waals surface area contributed by atoms with Crippen LogP contribution in [0.3, 0.4) is 0 Å². The highest BCUT2D eigenvalue weighted by molar-refractivity contribution is 6.09. The highest BCUT2D eigenvalue weighted by Gasteiger charge is 2.14. The summed E-state index contributed by atoms with van der Waals surface area (Å²) in [6.45, 7) is 0. The summed E-state index contributed by atoms with van der Waals surface area (Å²) in [5, 5.41) is 9.38. The average Bonchev–Trinajstić information content (AvgIpc) is 3.33. The molecule has 0 saturated carbocycles. The maximum absolute atomic E-state index is 6.39. The largest absolute Gasteiger partial charge is 0.457 e. The second-order valence-electron chi connectivity index (χ2n) is 9.51. The van der Waals surface area contributed by atoms with E-state index < -0.39 is 0 Å². The Balaban J connectivity index is 1.20. The van der Waals surface area contributed by atoms with E-state index in [9.17, 15) is 0 Å². The van der Waals surface area contributed by atoms with E-state index in [2.05, 4.69) is 80.8 Å². The molecule has 0 bridgehead atoms. The second-order valence-corrected chi connectivity index (χ2v) is 9.51. The van der Waals surface area contributed by atoms with Gasteiger partial charge in [-0.2, -0.15) is 0 Å². The van der Waals surface area contributed by atoms with E-state index in [0.29, 0.717) is 0 Å². The van der Waals surface area contributed by atoms with Crippen molar-refractivity contribution in [3.63, 3.8) is 0 Å². The molecule has 5 heteroatoms. The van der Waals surface area contributed by atoms with Gasteiger partial charge in [-0.3, -0.25) is 4.57 Å². The highest BCUT2D eigenvalue weighted by Crippen LogP contribution is 2.35. The zero-order chi connectivity index (χ0) is 26.7. The number of para-hydroxylation sites is 4. The first-order chi connectivity index (χ1) is 19.8. The Hall–Kier alpha value is -5.55. The Bertz CT molecular complexity index is 1930. The van der Waals surface area contributed by atoms with Crippen molar-refractivity contribution >= 4 is 44.6 Å². The van der Waals surface area contributed by atoms with E-state index in [4.69, 9.17) is 4.74 Å². The molecule has 40 heavy (non-hydrogen) atoms. The molecule has 0 radical (unpaired) electrons. The highest BCUT2D eigenvalue weighted by atomic mass is 16.5. The van der Waals surface area contributed by atoms with E-state index >= 15 is 0 Å². The predicted molar refractivity (Wildman–Crippen MR) is 165 cm³/mol. The minimum atomic E-state index is 0.748. The van der Waals surface area contributed by atoms with Crippen LogP contribution >= 0.6 is 0 Å². The van der Waals surface area contributed by atoms with Crippen LogP contribution in [-0.4, -0.2) is 9.55 Å². The Labute approximate surface area is 232 Å². The van der Waals surface area contributed by atoms with Crippen LogP contribution in [0.25, 0.3) is 27.6 Å². The number of nitrogens with one attached hydrogen (secondary N) is 2. The van der Waals surface area contributed by atoms with Gasteiger partial charge in [0, 0.05) is 40.5 Å². The number of benzene rings is 5. The maximum Gasteiger partial charge on any atom is 0.137 e. The van der Waals surface area contributed by atoms with Crippen LogP contribution in [-0.2, 0) is 0 Å². The number of aromatic nitrogens is 2. The molecule has 0 atom stereocenters. The number of hydrogen-bond acceptors (Lipinski definition) is 4. The molecular formula is C35H26N4O. The Morgan fingerprint density at radius 2 is 1.18 bits per heavy atom. The third kappa shape index (κ3) is 4.61. The second kappa shape index (κ2) is 10.3. The van der Waals surface area contributed by atoms with Crippen LogP contribution in [0.15, 0.2) is 146 Å². The quantitative estimate of drug-likeness (QED) is 0.221. The molecule has 7 aromatic rings. The van der Waals surface area contributed by atoms with Gasteiger partial charge in [-0.1, -0.05) is 60.7 Å². The van der Waals surface area contributed by atoms with Crippen LogP contribution in [0.4, 0.5) is 22.7 Å². The van der Waals surface area contributed by atoms with Gasteiger partial charge in [-0.05, 0) is 66.7 Å². The summed E-state index contributed by atoms with van der Waals surface area (Å²) in [6, 6.07) is 46.9. The number of anilines is 4. The molecule has 192 valence electrons. The van der Waals surface area contributed by atoms with E-state index in [0.717, 1.165) is 56.5 Å². The summed E-state index contributed by atoms with van der Waals surface area (Å²) in [7, 11) is 0. The van der Waals surface area contributed by atoms with Crippen LogP contribution in [0.5, 0.6) is 11.5 Å². The van der Waals surface area contributed by atoms with E-state index in [-0.39, 0.29) is 0 Å². The fraction of sp³-hybridized carbons (Fsp3) is 0. The molecule has 0 saturated heterocycles. The third-order valence-electron chi connectivity index (χ3n) is 6.85. The molecule has 5 aromatic carbocycles. The van der Waals surface area contributed by atoms with Gasteiger partial charge in [0.1, 0.15) is 17.3 Å². The molecule has 0 amide bonds. The van der Waals surface area contributed by atoms with Crippen molar-refractivity contribution in [3.05, 3.63) is 146 Å². The average molecular weight is 519 g/mol. The van der Waals surface area contributed by atoms with Gasteiger partial charge in [-0.25, -0.2) is 4.98 Å². The van der Waals surface area contributed by atoms with Gasteiger partial charge >= 0.3 is 0 Å². The molecule has 0 fully saturated rings. The third-order valence-corrected chi connectivity index (χ3v) is 6.85. The van der Waals surface area contributed by atoms with Crippen LogP contribution < -0.4 is 15.4 Å². The number of ether oxygens (including phenoxy) is 1. The Kier molecular flexibility index (Phi) is 6.07. The molecule has 5 nitrogen and oxygen atoms in total. The molecular weight excluding hydrogens is 492 g/mol. The molecule has 2 heterocycles. The number of nitrogens with zero attached hydrogens (tertiary/aromatic N) is 2. The molecule has 0 aliphatic rings. The Morgan fingerprint density at radius 1 is 0.500 bits per heavy atom. The van der Waals surface area contributed by atoms with Crippen molar-refractivity contribution in [1.82, 2.24) is 9.55 Å². The molecule has 0 spiro atoms. The van der Waals surface area contributed by atoms with Gasteiger partial charge in [0.05, 0.1) is 22.4 Å². The molecule has 0 aliphatic carbocycles. The van der Waals surface area contributed by atoms with Crippen LogP contribution in [0.2, 0.25) is 0 Å². The van der Waals surface area contributed by atoms with E-state index in [1.54, 1.807) is 0 Å². The molecule has 0 unspecified atom stereocenters. The summed E-state index contributed by atoms with van der Waals surface area (Å²) in [4.78, 5) is 4.63. The lowest BCUT2D eigenvalue weighted by molar-refractivity contribution is 0.483. The fourth-order valence-electron chi connectivity index (χ4n) is 5.05. The van der Waals surface area contributed by atoms with Gasteiger partial charge in [-0.15, -0.1) is 0 Å². The summed E-state index contributed by atoms with van der Waals surface area (Å²) in [6.07, 6.45) is 1.82. The lowest BCUT2D eigenvalue weighted by atomic mass is 10.1. The van der Waals surface area contributed by atoms with Crippen molar-refractivity contribution in [2.24, 2.45) is 0 Å². The SMILES string of the molecule is c1ccc(Nc2ccccc2Nc2cccc(Oc3ccc4c5ccccc5n(-c5ccccn5)c4c3)c2)cc1. The van der Waals surface area contributed by atoms with E-state index in [1.165, 1.54) is 5.39 Å². The van der Waals surface area contributed by atoms with Crippen molar-refractivity contribution in [1.29, 1.82) is 0 Å². The summed E-state index contributed by atoms with van der Waals surface area (Å²) in [5.74, 6) is 2.38. The molecule has 2 aromatic heterocycles. The summed E-state index contributed by atoms with van der Waals surface area (Å²) >= 11 is 0. The minimum absolute atomic E-state index is 0.748. The maximum atomic E-state index is 6.39. The Morgan fingerprint density at radius 3 is 2.00 bits per heavy atom. The monoisotopic (exact) mass is 518 g/mol. The fourth-order valence-corrected chi connectivity index (χ4v) is 5.05. The van der Waals surface area contributed by atoms with Crippen molar-refractivity contribution in [3.8, 4) is 17.3 Å². The molecule has 2 N–H and O–H groups in total. The van der Waals surface area contributed by atoms with Gasteiger partial charge < -0.3 is 15.4 Å². The first kappa shape index (κ1) is 23.6. The standard InChI is InChI=1S/C35H26N4O/c1-2-11-25(12-3-1)37-31-16-5-6-17-32(31)38-26-13-10-14-27(23-26)40-28-20-21-30-29-15-4-7-18-33(29)39(34(30)24-28)35-19-8-9-22-36-35/h1-24,37-38H. The van der Waals surface area contributed by atoms with Crippen molar-refractivity contribution in [2.45, 2.75) is 0 Å². The predicted octanol–water partition coefficient (Wildman–Crippen LogP) is 9.46. The zero-order valence-corrected chi connectivity index (χ0v) is 21.7. The first-order valence-electron chi connectivity index (χ1n) is 13.2. The van der Waals surface area contributed by atoms with Crippen LogP contribution in [0, 0.1) is 0 Å². The summed E-state index contributed by atoms with van der Waals surface area (Å²) < 4.78 is 8.57. The number of hydrogen-bond donors (Lipinski definition) is 2. The number of rotatable bonds is 7. The molecule has 7 rings (SSSR count). The van der Waals surface area contributed by atoms with E-state index in [1.807, 2.05) is 85.1 Å². The normalized spacial score (nSPS) is 11.0. The first-order valence-corrected chi connectivity index (χ1v) is 13.2. The zero-order valence-electron chi connectivity index (χ0n) is 21.7. The lowest BCUT2D eigenvalue weighted by Gasteiger charge is -2.15. The van der Waals surface area contributed by atoms with Crippen LogP contribution in [0.1, 0.15) is 0 Å². The topological polar surface area (TPSA) is 51.1 Å². The van der Waals surface area contributed by atoms with Gasteiger partial charge in [0.2, 0.25) is 0 Å². The molecule has 0 aliphatic heterocycles. The lowest BCUT2D eigenvalue weighted by Crippen LogP contribution is -1.97. The smallest absolute Gasteiger partial charge is 0.137 e. The minimum Gasteiger partial charge on any atom is -0.457 e. The number of pyridine rings is 1.